The minimum Gasteiger partial charge on any atom is -0.263 e. The number of fused-ring (bicyclic) bond motifs is 10. The van der Waals surface area contributed by atoms with Crippen LogP contribution in [0.1, 0.15) is 45.0 Å². The molecule has 2 aliphatic carbocycles. The molecule has 0 fully saturated rings. The summed E-state index contributed by atoms with van der Waals surface area (Å²) in [6, 6.07) is 58.8. The van der Waals surface area contributed by atoms with Gasteiger partial charge in [0.25, 0.3) is 0 Å². The molecular weight excluding hydrogens is 723 g/mol. The molecule has 0 aliphatic heterocycles. The summed E-state index contributed by atoms with van der Waals surface area (Å²) in [6.45, 7) is 8.14. The standard InChI is InChI=1S/C36H25N2.C11H11N2.Rh/c1-23-21-24(2)38(37-23)27-18-15-25(16-19-27)26-17-20-31-30-11-5-8-14-34(30)36(35(31)22-26)32-12-6-3-9-28(32)29-10-4-7-13-33(29)36;1-9-8-10(2)13(12-9)11-6-4-3-5-7-11;/h3-18,20-22H,1-2H3;3-6,8H,1-2H3;/q2*-1;+2. The van der Waals surface area contributed by atoms with E-state index in [-0.39, 0.29) is 24.9 Å². The van der Waals surface area contributed by atoms with E-state index >= 15 is 0 Å². The van der Waals surface area contributed by atoms with Crippen LogP contribution < -0.4 is 0 Å². The van der Waals surface area contributed by atoms with Gasteiger partial charge in [-0.15, -0.1) is 17.7 Å². The van der Waals surface area contributed by atoms with E-state index in [0.717, 1.165) is 39.7 Å². The van der Waals surface area contributed by atoms with E-state index in [1.165, 1.54) is 50.1 Å². The number of aromatic nitrogens is 4. The monoisotopic (exact) mass is 759 g/mol. The number of hydrogen-bond acceptors (Lipinski definition) is 2. The predicted octanol–water partition coefficient (Wildman–Crippen LogP) is 10.6. The van der Waals surface area contributed by atoms with Gasteiger partial charge in [0.05, 0.1) is 16.8 Å². The molecule has 1 radical (unpaired) electrons. The van der Waals surface area contributed by atoms with Crippen molar-refractivity contribution >= 4 is 0 Å². The second-order valence-corrected chi connectivity index (χ2v) is 13.5. The SMILES string of the molecule is Cc1cc(C)n(-c2[c-]cc(-c3ccc4c(c3)C3(c5ccccc5-c5ccccc53)c3ccccc3-4)cc2)n1.Cc1cc(C)n(-c2[c-]cccc2)n1.[Rh+2]. The molecule has 1 spiro atoms. The largest absolute Gasteiger partial charge is 2.00 e. The molecule has 253 valence electrons. The molecular formula is C47H36N4Rh. The van der Waals surface area contributed by atoms with E-state index in [2.05, 4.69) is 151 Å². The fourth-order valence-corrected chi connectivity index (χ4v) is 8.26. The Bertz CT molecular complexity index is 2510. The van der Waals surface area contributed by atoms with Gasteiger partial charge in [-0.1, -0.05) is 96.6 Å². The Kier molecular flexibility index (Phi) is 8.48. The third kappa shape index (κ3) is 5.22. The van der Waals surface area contributed by atoms with Crippen LogP contribution in [0.4, 0.5) is 0 Å². The van der Waals surface area contributed by atoms with Crippen molar-refractivity contribution in [3.63, 3.8) is 0 Å². The van der Waals surface area contributed by atoms with Gasteiger partial charge in [0.1, 0.15) is 0 Å². The maximum atomic E-state index is 4.63. The zero-order chi connectivity index (χ0) is 34.7. The summed E-state index contributed by atoms with van der Waals surface area (Å²) in [5, 5.41) is 9.00. The maximum Gasteiger partial charge on any atom is 2.00 e. The fraction of sp³-hybridized carbons (Fsp3) is 0.106. The van der Waals surface area contributed by atoms with Crippen LogP contribution in [0, 0.1) is 39.8 Å². The van der Waals surface area contributed by atoms with Crippen molar-refractivity contribution in [2.75, 3.05) is 0 Å². The van der Waals surface area contributed by atoms with Gasteiger partial charge in [-0.05, 0) is 95.7 Å². The number of aryl methyl sites for hydroxylation is 4. The third-order valence-corrected chi connectivity index (χ3v) is 10.3. The molecule has 4 nitrogen and oxygen atoms in total. The predicted molar refractivity (Wildman–Crippen MR) is 205 cm³/mol. The van der Waals surface area contributed by atoms with Crippen molar-refractivity contribution in [1.82, 2.24) is 19.6 Å². The number of rotatable bonds is 3. The Morgan fingerprint density at radius 3 is 1.40 bits per heavy atom. The number of para-hydroxylation sites is 1. The zero-order valence-electron chi connectivity index (χ0n) is 29.5. The summed E-state index contributed by atoms with van der Waals surface area (Å²) in [5.74, 6) is 0. The van der Waals surface area contributed by atoms with E-state index in [9.17, 15) is 0 Å². The van der Waals surface area contributed by atoms with E-state index in [0.29, 0.717) is 0 Å². The molecule has 8 aromatic rings. The molecule has 2 heterocycles. The van der Waals surface area contributed by atoms with Gasteiger partial charge < -0.3 is 0 Å². The smallest absolute Gasteiger partial charge is 0.263 e. The maximum absolute atomic E-state index is 4.63. The summed E-state index contributed by atoms with van der Waals surface area (Å²) < 4.78 is 3.86. The average Bonchev–Trinajstić information content (AvgIpc) is 3.88. The topological polar surface area (TPSA) is 35.6 Å². The minimum atomic E-state index is -0.317. The summed E-state index contributed by atoms with van der Waals surface area (Å²) >= 11 is 0. The summed E-state index contributed by atoms with van der Waals surface area (Å²) in [7, 11) is 0. The molecule has 0 atom stereocenters. The Morgan fingerprint density at radius 2 is 0.942 bits per heavy atom. The summed E-state index contributed by atoms with van der Waals surface area (Å²) in [4.78, 5) is 0. The van der Waals surface area contributed by atoms with Crippen molar-refractivity contribution in [1.29, 1.82) is 0 Å². The number of hydrogen-bond donors (Lipinski definition) is 0. The van der Waals surface area contributed by atoms with Crippen LogP contribution in [0.15, 0.2) is 146 Å². The van der Waals surface area contributed by atoms with Crippen LogP contribution in [0.25, 0.3) is 44.8 Å². The minimum absolute atomic E-state index is 0. The van der Waals surface area contributed by atoms with Gasteiger partial charge in [0.15, 0.2) is 0 Å². The molecule has 5 heteroatoms. The van der Waals surface area contributed by atoms with E-state index in [1.807, 2.05) is 54.4 Å². The van der Waals surface area contributed by atoms with Gasteiger partial charge in [0.2, 0.25) is 0 Å². The Hall–Kier alpha value is -5.64. The first-order valence-electron chi connectivity index (χ1n) is 17.4. The molecule has 0 N–H and O–H groups in total. The molecule has 2 aromatic heterocycles. The van der Waals surface area contributed by atoms with E-state index < -0.39 is 0 Å². The quantitative estimate of drug-likeness (QED) is 0.133. The van der Waals surface area contributed by atoms with Crippen LogP contribution in [0.2, 0.25) is 0 Å². The molecule has 0 unspecified atom stereocenters. The fourth-order valence-electron chi connectivity index (χ4n) is 8.26. The molecule has 0 bridgehead atoms. The molecule has 0 amide bonds. The number of nitrogens with zero attached hydrogens (tertiary/aromatic N) is 4. The molecule has 6 aromatic carbocycles. The zero-order valence-corrected chi connectivity index (χ0v) is 31.1. The van der Waals surface area contributed by atoms with Crippen molar-refractivity contribution in [3.05, 3.63) is 203 Å². The van der Waals surface area contributed by atoms with E-state index in [4.69, 9.17) is 0 Å². The first-order chi connectivity index (χ1) is 24.9. The van der Waals surface area contributed by atoms with Gasteiger partial charge in [-0.3, -0.25) is 9.36 Å². The molecule has 2 aliphatic rings. The third-order valence-electron chi connectivity index (χ3n) is 10.3. The van der Waals surface area contributed by atoms with Crippen molar-refractivity contribution in [2.45, 2.75) is 33.1 Å². The van der Waals surface area contributed by atoms with Crippen molar-refractivity contribution < 1.29 is 19.5 Å². The summed E-state index contributed by atoms with van der Waals surface area (Å²) in [5.41, 5.74) is 19.1. The van der Waals surface area contributed by atoms with Crippen LogP contribution >= 0.6 is 0 Å². The number of benzene rings is 6. The van der Waals surface area contributed by atoms with Gasteiger partial charge >= 0.3 is 19.5 Å². The molecule has 0 saturated heterocycles. The molecule has 0 saturated carbocycles. The Balaban J connectivity index is 0.000000234. The van der Waals surface area contributed by atoms with Crippen LogP contribution in [-0.4, -0.2) is 19.6 Å². The summed E-state index contributed by atoms with van der Waals surface area (Å²) in [6.07, 6.45) is 0. The van der Waals surface area contributed by atoms with Crippen LogP contribution in [-0.2, 0) is 24.9 Å². The first kappa shape index (κ1) is 33.5. The second-order valence-electron chi connectivity index (χ2n) is 13.5. The second kappa shape index (κ2) is 13.2. The van der Waals surface area contributed by atoms with E-state index in [1.54, 1.807) is 0 Å². The average molecular weight is 760 g/mol. The van der Waals surface area contributed by atoms with Gasteiger partial charge in [-0.2, -0.15) is 52.7 Å². The van der Waals surface area contributed by atoms with Crippen LogP contribution in [0.3, 0.4) is 0 Å². The molecule has 52 heavy (non-hydrogen) atoms. The van der Waals surface area contributed by atoms with Gasteiger partial charge in [0, 0.05) is 11.4 Å². The Labute approximate surface area is 318 Å². The van der Waals surface area contributed by atoms with Crippen molar-refractivity contribution in [3.8, 4) is 44.8 Å². The molecule has 10 rings (SSSR count). The Morgan fingerprint density at radius 1 is 0.462 bits per heavy atom. The van der Waals surface area contributed by atoms with Crippen molar-refractivity contribution in [2.24, 2.45) is 0 Å². The normalized spacial score (nSPS) is 12.6. The van der Waals surface area contributed by atoms with Gasteiger partial charge in [-0.25, -0.2) is 0 Å². The van der Waals surface area contributed by atoms with Crippen LogP contribution in [0.5, 0.6) is 0 Å². The first-order valence-corrected chi connectivity index (χ1v) is 17.4.